The van der Waals surface area contributed by atoms with Crippen molar-refractivity contribution >= 4 is 11.9 Å². The highest BCUT2D eigenvalue weighted by molar-refractivity contribution is 5.92. The summed E-state index contributed by atoms with van der Waals surface area (Å²) in [6, 6.07) is 6.92. The fourth-order valence-electron chi connectivity index (χ4n) is 2.71. The smallest absolute Gasteiger partial charge is 0.338 e. The molecule has 7 heteroatoms. The predicted molar refractivity (Wildman–Crippen MR) is 94.0 cm³/mol. The molecular formula is C18H24N4O3. The normalized spacial score (nSPS) is 11.0. The van der Waals surface area contributed by atoms with Gasteiger partial charge in [-0.2, -0.15) is 5.10 Å². The Morgan fingerprint density at radius 2 is 1.88 bits per heavy atom. The van der Waals surface area contributed by atoms with Crippen LogP contribution in [0.1, 0.15) is 43.9 Å². The van der Waals surface area contributed by atoms with E-state index >= 15 is 0 Å². The van der Waals surface area contributed by atoms with Crippen LogP contribution in [0.15, 0.2) is 24.3 Å². The van der Waals surface area contributed by atoms with E-state index in [4.69, 9.17) is 4.74 Å². The average Bonchev–Trinajstić information content (AvgIpc) is 2.98. The molecule has 0 fully saturated rings. The first kappa shape index (κ1) is 18.6. The van der Waals surface area contributed by atoms with Crippen LogP contribution in [0.4, 0.5) is 0 Å². The summed E-state index contributed by atoms with van der Waals surface area (Å²) in [5.74, 6) is 0.444. The predicted octanol–water partition coefficient (Wildman–Crippen LogP) is 2.58. The first-order valence-corrected chi connectivity index (χ1v) is 8.27. The molecule has 0 bridgehead atoms. The van der Waals surface area contributed by atoms with Crippen molar-refractivity contribution in [3.63, 3.8) is 0 Å². The molecule has 0 unspecified atom stereocenters. The van der Waals surface area contributed by atoms with Crippen molar-refractivity contribution in [1.29, 1.82) is 0 Å². The lowest BCUT2D eigenvalue weighted by Crippen LogP contribution is -2.44. The lowest BCUT2D eigenvalue weighted by Gasteiger charge is -2.30. The number of nitrogens with one attached hydrogen (secondary N) is 1. The fourth-order valence-corrected chi connectivity index (χ4v) is 2.71. The van der Waals surface area contributed by atoms with E-state index in [1.54, 1.807) is 30.0 Å². The van der Waals surface area contributed by atoms with Crippen LogP contribution in [0.5, 0.6) is 0 Å². The summed E-state index contributed by atoms with van der Waals surface area (Å²) in [6.07, 6.45) is 0. The second kappa shape index (κ2) is 7.92. The van der Waals surface area contributed by atoms with Crippen molar-refractivity contribution in [1.82, 2.24) is 20.1 Å². The summed E-state index contributed by atoms with van der Waals surface area (Å²) in [5.41, 5.74) is 1.06. The lowest BCUT2D eigenvalue weighted by atomic mass is 10.1. The van der Waals surface area contributed by atoms with E-state index in [0.29, 0.717) is 22.8 Å². The number of H-pyrrole nitrogens is 1. The molecule has 1 amide bonds. The third-order valence-electron chi connectivity index (χ3n) is 3.68. The molecule has 2 rings (SSSR count). The number of carbonyl (C=O) groups is 2. The van der Waals surface area contributed by atoms with Crippen LogP contribution < -0.4 is 0 Å². The molecule has 0 aliphatic carbocycles. The zero-order chi connectivity index (χ0) is 18.6. The molecule has 134 valence electrons. The van der Waals surface area contributed by atoms with Gasteiger partial charge in [-0.25, -0.2) is 9.78 Å². The Balaban J connectivity index is 2.05. The van der Waals surface area contributed by atoms with Crippen LogP contribution in [0.2, 0.25) is 0 Å². The van der Waals surface area contributed by atoms with E-state index < -0.39 is 5.97 Å². The molecular weight excluding hydrogens is 320 g/mol. The minimum atomic E-state index is -0.546. The number of rotatable bonds is 6. The van der Waals surface area contributed by atoms with Gasteiger partial charge in [0, 0.05) is 17.6 Å². The van der Waals surface area contributed by atoms with Gasteiger partial charge in [-0.3, -0.25) is 9.89 Å². The topological polar surface area (TPSA) is 88.2 Å². The van der Waals surface area contributed by atoms with Gasteiger partial charge in [-0.1, -0.05) is 12.1 Å². The number of hydrogen-bond donors (Lipinski definition) is 1. The average molecular weight is 344 g/mol. The highest BCUT2D eigenvalue weighted by Gasteiger charge is 2.21. The standard InChI is InChI=1S/C18H24N4O3/c1-11(2)22(12(3)4)16(23)10-25-18(24)15-8-6-7-14(9-15)17-19-13(5)20-21-17/h6-9,11-12H,10H2,1-5H3,(H,19,20,21). The Labute approximate surface area is 147 Å². The number of benzene rings is 1. The van der Waals surface area contributed by atoms with Gasteiger partial charge in [0.2, 0.25) is 0 Å². The van der Waals surface area contributed by atoms with Gasteiger partial charge in [-0.15, -0.1) is 0 Å². The minimum absolute atomic E-state index is 0.0449. The van der Waals surface area contributed by atoms with Crippen molar-refractivity contribution in [3.05, 3.63) is 35.7 Å². The van der Waals surface area contributed by atoms with Gasteiger partial charge in [0.1, 0.15) is 5.82 Å². The molecule has 1 aromatic heterocycles. The monoisotopic (exact) mass is 344 g/mol. The molecule has 0 atom stereocenters. The third-order valence-corrected chi connectivity index (χ3v) is 3.68. The number of aromatic nitrogens is 3. The number of aryl methyl sites for hydroxylation is 1. The third kappa shape index (κ3) is 4.65. The number of hydrogen-bond acceptors (Lipinski definition) is 5. The van der Waals surface area contributed by atoms with Crippen LogP contribution in [-0.4, -0.2) is 50.6 Å². The van der Waals surface area contributed by atoms with E-state index in [2.05, 4.69) is 15.2 Å². The molecule has 0 saturated carbocycles. The highest BCUT2D eigenvalue weighted by Crippen LogP contribution is 2.17. The van der Waals surface area contributed by atoms with E-state index in [1.807, 2.05) is 33.8 Å². The van der Waals surface area contributed by atoms with Crippen LogP contribution in [0.25, 0.3) is 11.4 Å². The first-order valence-electron chi connectivity index (χ1n) is 8.27. The summed E-state index contributed by atoms with van der Waals surface area (Å²) >= 11 is 0. The van der Waals surface area contributed by atoms with Crippen molar-refractivity contribution in [3.8, 4) is 11.4 Å². The van der Waals surface area contributed by atoms with Crippen molar-refractivity contribution < 1.29 is 14.3 Å². The highest BCUT2D eigenvalue weighted by atomic mass is 16.5. The number of carbonyl (C=O) groups excluding carboxylic acids is 2. The molecule has 0 radical (unpaired) electrons. The number of aromatic amines is 1. The van der Waals surface area contributed by atoms with E-state index in [9.17, 15) is 9.59 Å². The maximum absolute atomic E-state index is 12.3. The summed E-state index contributed by atoms with van der Waals surface area (Å²) in [7, 11) is 0. The van der Waals surface area contributed by atoms with Crippen LogP contribution >= 0.6 is 0 Å². The van der Waals surface area contributed by atoms with Gasteiger partial charge in [0.05, 0.1) is 5.56 Å². The Bertz CT molecular complexity index is 744. The van der Waals surface area contributed by atoms with Gasteiger partial charge < -0.3 is 9.64 Å². The molecule has 7 nitrogen and oxygen atoms in total. The van der Waals surface area contributed by atoms with Gasteiger partial charge >= 0.3 is 5.97 Å². The Kier molecular flexibility index (Phi) is 5.90. The second-order valence-corrected chi connectivity index (χ2v) is 6.39. The Hall–Kier alpha value is -2.70. The molecule has 1 heterocycles. The summed E-state index contributed by atoms with van der Waals surface area (Å²) < 4.78 is 5.19. The second-order valence-electron chi connectivity index (χ2n) is 6.39. The molecule has 2 aromatic rings. The summed E-state index contributed by atoms with van der Waals surface area (Å²) in [6.45, 7) is 9.25. The molecule has 0 aliphatic heterocycles. The quantitative estimate of drug-likeness (QED) is 0.814. The largest absolute Gasteiger partial charge is 0.452 e. The van der Waals surface area contributed by atoms with Gasteiger partial charge in [-0.05, 0) is 46.8 Å². The van der Waals surface area contributed by atoms with Crippen LogP contribution in [0.3, 0.4) is 0 Å². The Morgan fingerprint density at radius 3 is 2.44 bits per heavy atom. The maximum atomic E-state index is 12.3. The number of esters is 1. The maximum Gasteiger partial charge on any atom is 0.338 e. The zero-order valence-electron chi connectivity index (χ0n) is 15.2. The SMILES string of the molecule is Cc1nc(-c2cccc(C(=O)OCC(=O)N(C(C)C)C(C)C)c2)n[nH]1. The molecule has 0 spiro atoms. The number of nitrogens with zero attached hydrogens (tertiary/aromatic N) is 3. The van der Waals surface area contributed by atoms with Crippen molar-refractivity contribution in [2.75, 3.05) is 6.61 Å². The van der Waals surface area contributed by atoms with Crippen molar-refractivity contribution in [2.45, 2.75) is 46.7 Å². The fraction of sp³-hybridized carbons (Fsp3) is 0.444. The van der Waals surface area contributed by atoms with E-state index in [0.717, 1.165) is 0 Å². The van der Waals surface area contributed by atoms with E-state index in [1.165, 1.54) is 0 Å². The Morgan fingerprint density at radius 1 is 1.20 bits per heavy atom. The van der Waals surface area contributed by atoms with Crippen LogP contribution in [0, 0.1) is 6.92 Å². The summed E-state index contributed by atoms with van der Waals surface area (Å²) in [5, 5.41) is 6.84. The molecule has 25 heavy (non-hydrogen) atoms. The minimum Gasteiger partial charge on any atom is -0.452 e. The molecule has 0 saturated heterocycles. The molecule has 0 aliphatic rings. The van der Waals surface area contributed by atoms with Crippen LogP contribution in [-0.2, 0) is 9.53 Å². The van der Waals surface area contributed by atoms with E-state index in [-0.39, 0.29) is 24.6 Å². The van der Waals surface area contributed by atoms with Gasteiger partial charge in [0.15, 0.2) is 12.4 Å². The summed E-state index contributed by atoms with van der Waals surface area (Å²) in [4.78, 5) is 30.5. The molecule has 1 N–H and O–H groups in total. The zero-order valence-corrected chi connectivity index (χ0v) is 15.2. The molecule has 1 aromatic carbocycles. The first-order chi connectivity index (χ1) is 11.8. The van der Waals surface area contributed by atoms with Crippen molar-refractivity contribution in [2.24, 2.45) is 0 Å². The van der Waals surface area contributed by atoms with Gasteiger partial charge in [0.25, 0.3) is 5.91 Å². The number of amides is 1. The number of ether oxygens (including phenoxy) is 1. The lowest BCUT2D eigenvalue weighted by molar-refractivity contribution is -0.138.